The van der Waals surface area contributed by atoms with Crippen LogP contribution in [0.25, 0.3) is 0 Å². The molecule has 1 heterocycles. The zero-order valence-corrected chi connectivity index (χ0v) is 18.7. The largest absolute Gasteiger partial charge is 0.490 e. The molecule has 3 rings (SSSR count). The highest BCUT2D eigenvalue weighted by Gasteiger charge is 2.41. The Morgan fingerprint density at radius 2 is 1.81 bits per heavy atom. The van der Waals surface area contributed by atoms with Crippen LogP contribution in [0.15, 0.2) is 42.5 Å². The molecule has 1 N–H and O–H groups in total. The average Bonchev–Trinajstić information content (AvgIpc) is 2.80. The number of carbonyl (C=O) groups is 2. The number of aryl methyl sites for hydroxylation is 1. The predicted octanol–water partition coefficient (Wildman–Crippen LogP) is 4.65. The predicted molar refractivity (Wildman–Crippen MR) is 120 cm³/mol. The summed E-state index contributed by atoms with van der Waals surface area (Å²) in [6, 6.07) is 13.2. The Kier molecular flexibility index (Phi) is 7.33. The van der Waals surface area contributed by atoms with Crippen LogP contribution in [0.1, 0.15) is 54.6 Å². The summed E-state index contributed by atoms with van der Waals surface area (Å²) in [6.45, 7) is 7.02. The Hall–Kier alpha value is -2.86. The first kappa shape index (κ1) is 22.8. The monoisotopic (exact) mass is 425 g/mol. The van der Waals surface area contributed by atoms with Gasteiger partial charge in [0.2, 0.25) is 5.91 Å². The van der Waals surface area contributed by atoms with Gasteiger partial charge in [-0.2, -0.15) is 0 Å². The fourth-order valence-corrected chi connectivity index (χ4v) is 3.77. The number of rotatable bonds is 7. The van der Waals surface area contributed by atoms with E-state index < -0.39 is 11.4 Å². The van der Waals surface area contributed by atoms with Crippen LogP contribution in [0, 0.1) is 6.92 Å². The summed E-state index contributed by atoms with van der Waals surface area (Å²) in [7, 11) is 1.33. The molecule has 0 radical (unpaired) electrons. The topological polar surface area (TPSA) is 73.9 Å². The first-order valence-electron chi connectivity index (χ1n) is 10.7. The standard InChI is InChI=1S/C25H31NO5/c1-5-18(3)31-22-11-10-20(16-21(22)23(27)29-4)26-24(28)25(12-14-30-15-13-25)19-8-6-17(2)7-9-19/h6-11,16,18H,5,12-15H2,1-4H3,(H,26,28)/t18-/m1/s1. The first-order valence-corrected chi connectivity index (χ1v) is 10.7. The van der Waals surface area contributed by atoms with Gasteiger partial charge in [-0.25, -0.2) is 4.79 Å². The van der Waals surface area contributed by atoms with E-state index in [1.54, 1.807) is 18.2 Å². The van der Waals surface area contributed by atoms with E-state index in [1.165, 1.54) is 7.11 Å². The van der Waals surface area contributed by atoms with Gasteiger partial charge >= 0.3 is 5.97 Å². The lowest BCUT2D eigenvalue weighted by molar-refractivity contribution is -0.125. The molecule has 6 heteroatoms. The fourth-order valence-electron chi connectivity index (χ4n) is 3.77. The van der Waals surface area contributed by atoms with Crippen molar-refractivity contribution in [3.63, 3.8) is 0 Å². The van der Waals surface area contributed by atoms with E-state index >= 15 is 0 Å². The van der Waals surface area contributed by atoms with Gasteiger partial charge < -0.3 is 19.5 Å². The first-order chi connectivity index (χ1) is 14.9. The third-order valence-corrected chi connectivity index (χ3v) is 5.93. The van der Waals surface area contributed by atoms with Crippen LogP contribution in [-0.4, -0.2) is 38.3 Å². The summed E-state index contributed by atoms with van der Waals surface area (Å²) >= 11 is 0. The number of anilines is 1. The van der Waals surface area contributed by atoms with Gasteiger partial charge in [0.15, 0.2) is 0 Å². The molecule has 166 valence electrons. The Morgan fingerprint density at radius 1 is 1.13 bits per heavy atom. The van der Waals surface area contributed by atoms with Crippen molar-refractivity contribution in [2.45, 2.75) is 51.6 Å². The summed E-state index contributed by atoms with van der Waals surface area (Å²) in [5.41, 5.74) is 2.26. The number of hydrogen-bond donors (Lipinski definition) is 1. The molecule has 0 unspecified atom stereocenters. The summed E-state index contributed by atoms with van der Waals surface area (Å²) in [4.78, 5) is 25.8. The zero-order chi connectivity index (χ0) is 22.4. The number of amides is 1. The molecule has 0 spiro atoms. The number of esters is 1. The van der Waals surface area contributed by atoms with E-state index in [4.69, 9.17) is 14.2 Å². The minimum absolute atomic E-state index is 0.0455. The van der Waals surface area contributed by atoms with Gasteiger partial charge in [-0.3, -0.25) is 4.79 Å². The van der Waals surface area contributed by atoms with Crippen LogP contribution < -0.4 is 10.1 Å². The van der Waals surface area contributed by atoms with Crippen molar-refractivity contribution >= 4 is 17.6 Å². The van der Waals surface area contributed by atoms with E-state index in [-0.39, 0.29) is 17.6 Å². The van der Waals surface area contributed by atoms with Crippen molar-refractivity contribution < 1.29 is 23.8 Å². The molecule has 0 aromatic heterocycles. The zero-order valence-electron chi connectivity index (χ0n) is 18.7. The van der Waals surface area contributed by atoms with Gasteiger partial charge in [0.1, 0.15) is 11.3 Å². The molecule has 1 saturated heterocycles. The molecule has 0 saturated carbocycles. The van der Waals surface area contributed by atoms with Gasteiger partial charge in [0.25, 0.3) is 0 Å². The number of methoxy groups -OCH3 is 1. The van der Waals surface area contributed by atoms with Gasteiger partial charge in [-0.05, 0) is 56.9 Å². The van der Waals surface area contributed by atoms with Crippen LogP contribution in [0.5, 0.6) is 5.75 Å². The lowest BCUT2D eigenvalue weighted by atomic mass is 9.73. The average molecular weight is 426 g/mol. The van der Waals surface area contributed by atoms with Crippen molar-refractivity contribution in [3.8, 4) is 5.75 Å². The van der Waals surface area contributed by atoms with Crippen LogP contribution in [0.3, 0.4) is 0 Å². The number of hydrogen-bond acceptors (Lipinski definition) is 5. The second-order valence-corrected chi connectivity index (χ2v) is 8.05. The molecule has 1 aliphatic rings. The summed E-state index contributed by atoms with van der Waals surface area (Å²) in [6.07, 6.45) is 1.96. The third kappa shape index (κ3) is 5.07. The van der Waals surface area contributed by atoms with Crippen LogP contribution >= 0.6 is 0 Å². The van der Waals surface area contributed by atoms with E-state index in [2.05, 4.69) is 5.32 Å². The van der Waals surface area contributed by atoms with Gasteiger partial charge in [0, 0.05) is 18.9 Å². The molecule has 1 aliphatic heterocycles. The normalized spacial score (nSPS) is 16.3. The molecule has 2 aromatic rings. The van der Waals surface area contributed by atoms with Crippen LogP contribution in [-0.2, 0) is 19.7 Å². The van der Waals surface area contributed by atoms with Gasteiger partial charge in [-0.1, -0.05) is 36.8 Å². The molecule has 1 fully saturated rings. The highest BCUT2D eigenvalue weighted by atomic mass is 16.5. The van der Waals surface area contributed by atoms with E-state index in [0.717, 1.165) is 17.5 Å². The maximum atomic E-state index is 13.5. The Balaban J connectivity index is 1.91. The molecule has 1 amide bonds. The summed E-state index contributed by atoms with van der Waals surface area (Å²) in [5.74, 6) is -0.168. The molecule has 31 heavy (non-hydrogen) atoms. The third-order valence-electron chi connectivity index (χ3n) is 5.93. The lowest BCUT2D eigenvalue weighted by Gasteiger charge is -2.36. The summed E-state index contributed by atoms with van der Waals surface area (Å²) < 4.78 is 16.3. The number of nitrogens with one attached hydrogen (secondary N) is 1. The van der Waals surface area contributed by atoms with Crippen molar-refractivity contribution in [1.82, 2.24) is 0 Å². The lowest BCUT2D eigenvalue weighted by Crippen LogP contribution is -2.44. The van der Waals surface area contributed by atoms with Crippen molar-refractivity contribution in [2.24, 2.45) is 0 Å². The van der Waals surface area contributed by atoms with Crippen molar-refractivity contribution in [1.29, 1.82) is 0 Å². The van der Waals surface area contributed by atoms with E-state index in [1.807, 2.05) is 45.0 Å². The Morgan fingerprint density at radius 3 is 2.42 bits per heavy atom. The second-order valence-electron chi connectivity index (χ2n) is 8.05. The maximum Gasteiger partial charge on any atom is 0.341 e. The van der Waals surface area contributed by atoms with E-state index in [9.17, 15) is 9.59 Å². The summed E-state index contributed by atoms with van der Waals surface area (Å²) in [5, 5.41) is 3.02. The fraction of sp³-hybridized carbons (Fsp3) is 0.440. The van der Waals surface area contributed by atoms with E-state index in [0.29, 0.717) is 37.5 Å². The maximum absolute atomic E-state index is 13.5. The number of benzene rings is 2. The SMILES string of the molecule is CC[C@@H](C)Oc1ccc(NC(=O)C2(c3ccc(C)cc3)CCOCC2)cc1C(=O)OC. The quantitative estimate of drug-likeness (QED) is 0.654. The molecule has 0 bridgehead atoms. The number of ether oxygens (including phenoxy) is 3. The van der Waals surface area contributed by atoms with Crippen molar-refractivity contribution in [2.75, 3.05) is 25.6 Å². The molecule has 2 aromatic carbocycles. The molecule has 6 nitrogen and oxygen atoms in total. The van der Waals surface area contributed by atoms with Gasteiger partial charge in [0.05, 0.1) is 18.6 Å². The molecular weight excluding hydrogens is 394 g/mol. The molecule has 1 atom stereocenters. The van der Waals surface area contributed by atoms with Crippen LogP contribution in [0.2, 0.25) is 0 Å². The van der Waals surface area contributed by atoms with Crippen LogP contribution in [0.4, 0.5) is 5.69 Å². The Bertz CT molecular complexity index is 916. The highest BCUT2D eigenvalue weighted by Crippen LogP contribution is 2.37. The minimum atomic E-state index is -0.677. The minimum Gasteiger partial charge on any atom is -0.490 e. The smallest absolute Gasteiger partial charge is 0.341 e. The number of carbonyl (C=O) groups excluding carboxylic acids is 2. The Labute approximate surface area is 183 Å². The van der Waals surface area contributed by atoms with Crippen molar-refractivity contribution in [3.05, 3.63) is 59.2 Å². The molecule has 0 aliphatic carbocycles. The van der Waals surface area contributed by atoms with Gasteiger partial charge in [-0.15, -0.1) is 0 Å². The second kappa shape index (κ2) is 9.96. The highest BCUT2D eigenvalue weighted by molar-refractivity contribution is 6.01. The molecular formula is C25H31NO5.